The van der Waals surface area contributed by atoms with Crippen LogP contribution in [0, 0.1) is 20.8 Å². The van der Waals surface area contributed by atoms with E-state index in [-0.39, 0.29) is 11.9 Å². The summed E-state index contributed by atoms with van der Waals surface area (Å²) in [6, 6.07) is 7.13. The molecule has 0 saturated carbocycles. The van der Waals surface area contributed by atoms with Crippen molar-refractivity contribution in [2.45, 2.75) is 40.2 Å². The monoisotopic (exact) mass is 396 g/mol. The normalized spacial score (nSPS) is 16.2. The van der Waals surface area contributed by atoms with Crippen molar-refractivity contribution in [2.24, 2.45) is 0 Å². The molecule has 3 aromatic rings. The van der Waals surface area contributed by atoms with E-state index in [0.717, 1.165) is 28.3 Å². The summed E-state index contributed by atoms with van der Waals surface area (Å²) in [5.41, 5.74) is 4.89. The van der Waals surface area contributed by atoms with Crippen LogP contribution in [0.5, 0.6) is 0 Å². The van der Waals surface area contributed by atoms with Crippen molar-refractivity contribution in [1.29, 1.82) is 0 Å². The van der Waals surface area contributed by atoms with Crippen molar-refractivity contribution in [2.75, 3.05) is 6.54 Å². The van der Waals surface area contributed by atoms with Crippen LogP contribution in [0.4, 0.5) is 0 Å². The van der Waals surface area contributed by atoms with E-state index in [1.54, 1.807) is 16.8 Å². The quantitative estimate of drug-likeness (QED) is 0.663. The van der Waals surface area contributed by atoms with E-state index >= 15 is 0 Å². The first-order chi connectivity index (χ1) is 13.4. The Morgan fingerprint density at radius 3 is 2.61 bits per heavy atom. The van der Waals surface area contributed by atoms with Gasteiger partial charge in [-0.2, -0.15) is 4.68 Å². The Balaban J connectivity index is 1.68. The summed E-state index contributed by atoms with van der Waals surface area (Å²) in [6.07, 6.45) is 0.633. The Hall–Kier alpha value is -2.80. The van der Waals surface area contributed by atoms with Crippen LogP contribution in [0.15, 0.2) is 24.3 Å². The average Bonchev–Trinajstić information content (AvgIpc) is 3.08. The molecule has 0 bridgehead atoms. The molecular formula is C20H21ClN6O. The third-order valence-corrected chi connectivity index (χ3v) is 5.57. The number of aromatic nitrogens is 5. The second-order valence-corrected chi connectivity index (χ2v) is 7.53. The zero-order chi connectivity index (χ0) is 20.0. The van der Waals surface area contributed by atoms with E-state index in [2.05, 4.69) is 20.3 Å². The molecule has 7 nitrogen and oxygen atoms in total. The van der Waals surface area contributed by atoms with E-state index in [1.807, 2.05) is 44.7 Å². The smallest absolute Gasteiger partial charge is 0.254 e. The van der Waals surface area contributed by atoms with Crippen LogP contribution in [0.2, 0.25) is 5.02 Å². The fourth-order valence-corrected chi connectivity index (χ4v) is 3.85. The van der Waals surface area contributed by atoms with Crippen molar-refractivity contribution >= 4 is 17.5 Å². The van der Waals surface area contributed by atoms with Gasteiger partial charge in [-0.3, -0.25) is 4.79 Å². The zero-order valence-electron chi connectivity index (χ0n) is 16.3. The number of aryl methyl sites for hydroxylation is 2. The Kier molecular flexibility index (Phi) is 4.63. The first-order valence-electron chi connectivity index (χ1n) is 9.20. The fourth-order valence-electron chi connectivity index (χ4n) is 3.67. The van der Waals surface area contributed by atoms with Crippen LogP contribution >= 0.6 is 11.6 Å². The van der Waals surface area contributed by atoms with Gasteiger partial charge in [0.1, 0.15) is 5.69 Å². The molecule has 0 aliphatic carbocycles. The lowest BCUT2D eigenvalue weighted by atomic mass is 10.0. The Bertz CT molecular complexity index is 1060. The first-order valence-corrected chi connectivity index (χ1v) is 9.58. The number of fused-ring (bicyclic) bond motifs is 1. The lowest BCUT2D eigenvalue weighted by Crippen LogP contribution is -2.39. The van der Waals surface area contributed by atoms with Crippen molar-refractivity contribution < 1.29 is 4.79 Å². The average molecular weight is 397 g/mol. The van der Waals surface area contributed by atoms with Crippen molar-refractivity contribution in [1.82, 2.24) is 29.9 Å². The molecule has 8 heteroatoms. The number of carbonyl (C=O) groups excluding carboxylic acids is 1. The van der Waals surface area contributed by atoms with Crippen LogP contribution in [-0.2, 0) is 6.42 Å². The maximum absolute atomic E-state index is 13.1. The Morgan fingerprint density at radius 2 is 1.89 bits per heavy atom. The van der Waals surface area contributed by atoms with Gasteiger partial charge >= 0.3 is 0 Å². The summed E-state index contributed by atoms with van der Waals surface area (Å²) in [5.74, 6) is 0.472. The minimum absolute atomic E-state index is 0.0460. The molecule has 0 saturated heterocycles. The highest BCUT2D eigenvalue weighted by molar-refractivity contribution is 6.31. The van der Waals surface area contributed by atoms with Gasteiger partial charge in [0.05, 0.1) is 11.7 Å². The predicted molar refractivity (Wildman–Crippen MR) is 106 cm³/mol. The van der Waals surface area contributed by atoms with E-state index in [4.69, 9.17) is 11.6 Å². The van der Waals surface area contributed by atoms with Gasteiger partial charge in [-0.15, -0.1) is 5.10 Å². The summed E-state index contributed by atoms with van der Waals surface area (Å²) in [7, 11) is 0. The highest BCUT2D eigenvalue weighted by atomic mass is 35.5. The molecule has 2 aromatic heterocycles. The van der Waals surface area contributed by atoms with E-state index in [1.165, 1.54) is 0 Å². The molecule has 1 atom stereocenters. The number of halogens is 1. The maximum Gasteiger partial charge on any atom is 0.254 e. The van der Waals surface area contributed by atoms with Gasteiger partial charge in [0.2, 0.25) is 0 Å². The largest absolute Gasteiger partial charge is 0.330 e. The molecule has 1 amide bonds. The zero-order valence-corrected chi connectivity index (χ0v) is 17.0. The van der Waals surface area contributed by atoms with Gasteiger partial charge < -0.3 is 4.90 Å². The molecule has 1 aromatic carbocycles. The summed E-state index contributed by atoms with van der Waals surface area (Å²) in [6.45, 7) is 8.26. The van der Waals surface area contributed by atoms with Gasteiger partial charge in [0.15, 0.2) is 0 Å². The molecule has 0 spiro atoms. The van der Waals surface area contributed by atoms with Crippen LogP contribution in [0.25, 0.3) is 5.95 Å². The number of hydrogen-bond donors (Lipinski definition) is 0. The highest BCUT2D eigenvalue weighted by Gasteiger charge is 2.33. The molecule has 28 heavy (non-hydrogen) atoms. The fraction of sp³-hybridized carbons (Fsp3) is 0.350. The van der Waals surface area contributed by atoms with Crippen molar-refractivity contribution in [3.63, 3.8) is 0 Å². The number of hydrogen-bond acceptors (Lipinski definition) is 5. The van der Waals surface area contributed by atoms with Gasteiger partial charge in [-0.25, -0.2) is 9.97 Å². The molecule has 1 unspecified atom stereocenters. The molecule has 0 fully saturated rings. The molecule has 0 radical (unpaired) electrons. The minimum Gasteiger partial charge on any atom is -0.330 e. The van der Waals surface area contributed by atoms with Crippen LogP contribution in [0.3, 0.4) is 0 Å². The van der Waals surface area contributed by atoms with Gasteiger partial charge in [-0.05, 0) is 51.5 Å². The van der Waals surface area contributed by atoms with E-state index < -0.39 is 0 Å². The number of nitrogens with zero attached hydrogens (tertiary/aromatic N) is 6. The lowest BCUT2D eigenvalue weighted by molar-refractivity contribution is 0.0671. The van der Waals surface area contributed by atoms with Crippen LogP contribution in [0.1, 0.15) is 51.7 Å². The molecular weight excluding hydrogens is 376 g/mol. The molecule has 3 heterocycles. The third-order valence-electron chi connectivity index (χ3n) is 5.16. The summed E-state index contributed by atoms with van der Waals surface area (Å²) in [4.78, 5) is 23.9. The summed E-state index contributed by atoms with van der Waals surface area (Å²) in [5, 5.41) is 9.23. The number of benzene rings is 1. The lowest BCUT2D eigenvalue weighted by Gasteiger charge is -2.33. The van der Waals surface area contributed by atoms with Crippen molar-refractivity contribution in [3.05, 3.63) is 63.2 Å². The second-order valence-electron chi connectivity index (χ2n) is 7.12. The predicted octanol–water partition coefficient (Wildman–Crippen LogP) is 3.40. The van der Waals surface area contributed by atoms with Crippen molar-refractivity contribution in [3.8, 4) is 5.95 Å². The van der Waals surface area contributed by atoms with Gasteiger partial charge in [0.25, 0.3) is 11.9 Å². The minimum atomic E-state index is -0.200. The van der Waals surface area contributed by atoms with Gasteiger partial charge in [-0.1, -0.05) is 22.9 Å². The number of carbonyl (C=O) groups is 1. The standard InChI is InChI=1S/C20H21ClN6O/c1-11-10-12(2)23-20(22-11)27-17-8-9-26(14(4)18(17)24-25-27)19(28)15-6-5-7-16(21)13(15)3/h5-7,10,14H,8-9H2,1-4H3. The summed E-state index contributed by atoms with van der Waals surface area (Å²) < 4.78 is 1.69. The molecule has 1 aliphatic rings. The molecule has 1 aliphatic heterocycles. The molecule has 144 valence electrons. The SMILES string of the molecule is Cc1cc(C)nc(-n2nnc3c2CCN(C(=O)c2cccc(Cl)c2C)C3C)n1. The number of amides is 1. The summed E-state index contributed by atoms with van der Waals surface area (Å²) >= 11 is 6.20. The molecule has 0 N–H and O–H groups in total. The second kappa shape index (κ2) is 6.98. The first kappa shape index (κ1) is 18.6. The topological polar surface area (TPSA) is 76.8 Å². The Morgan fingerprint density at radius 1 is 1.18 bits per heavy atom. The maximum atomic E-state index is 13.1. The van der Waals surface area contributed by atoms with Gasteiger partial charge in [0, 0.05) is 34.9 Å². The Labute approximate surface area is 168 Å². The van der Waals surface area contributed by atoms with Crippen LogP contribution < -0.4 is 0 Å². The van der Waals surface area contributed by atoms with E-state index in [9.17, 15) is 4.79 Å². The van der Waals surface area contributed by atoms with Crippen LogP contribution in [-0.4, -0.2) is 42.3 Å². The molecule has 4 rings (SSSR count). The third kappa shape index (κ3) is 3.05. The highest BCUT2D eigenvalue weighted by Crippen LogP contribution is 2.31. The van der Waals surface area contributed by atoms with E-state index in [0.29, 0.717) is 29.5 Å². The number of rotatable bonds is 2.